The predicted molar refractivity (Wildman–Crippen MR) is 135 cm³/mol. The lowest BCUT2D eigenvalue weighted by Gasteiger charge is -2.42. The van der Waals surface area contributed by atoms with E-state index in [0.29, 0.717) is 37.6 Å². The molecule has 3 aliphatic heterocycles. The number of piperidine rings is 1. The van der Waals surface area contributed by atoms with Crippen LogP contribution >= 0.6 is 0 Å². The van der Waals surface area contributed by atoms with Gasteiger partial charge in [0.05, 0.1) is 14.2 Å². The molecule has 10 heteroatoms. The second kappa shape index (κ2) is 10.3. The van der Waals surface area contributed by atoms with Crippen LogP contribution in [0.2, 0.25) is 0 Å². The number of methoxy groups -OCH3 is 2. The second-order valence-electron chi connectivity index (χ2n) is 9.97. The highest BCUT2D eigenvalue weighted by molar-refractivity contribution is 6.04. The number of amides is 4. The van der Waals surface area contributed by atoms with Crippen molar-refractivity contribution in [2.24, 2.45) is 5.92 Å². The van der Waals surface area contributed by atoms with E-state index in [4.69, 9.17) is 9.47 Å². The van der Waals surface area contributed by atoms with Gasteiger partial charge in [0, 0.05) is 50.3 Å². The number of pyridine rings is 1. The Bertz CT molecular complexity index is 1270. The van der Waals surface area contributed by atoms with E-state index in [0.717, 1.165) is 17.7 Å². The summed E-state index contributed by atoms with van der Waals surface area (Å²) in [5, 5.41) is 2.73. The number of ether oxygens (including phenoxy) is 2. The van der Waals surface area contributed by atoms with E-state index in [2.05, 4.69) is 5.32 Å². The zero-order valence-electron chi connectivity index (χ0n) is 21.1. The van der Waals surface area contributed by atoms with Gasteiger partial charge in [-0.2, -0.15) is 0 Å². The van der Waals surface area contributed by atoms with Crippen molar-refractivity contribution in [3.63, 3.8) is 0 Å². The Morgan fingerprint density at radius 1 is 1.03 bits per heavy atom. The number of carbonyl (C=O) groups excluding carboxylic acids is 3. The molecule has 1 unspecified atom stereocenters. The molecule has 1 aromatic carbocycles. The SMILES string of the molecule is COc1ccc(CCN2C(=O)N[C@@H](CCC(=O)N3CC4C[C@H](C3)Cn3c4cccc3=O)C2=O)cc1OC. The number of aromatic nitrogens is 1. The fourth-order valence-corrected chi connectivity index (χ4v) is 5.79. The first-order chi connectivity index (χ1) is 17.9. The molecule has 2 bridgehead atoms. The molecule has 10 nitrogen and oxygen atoms in total. The summed E-state index contributed by atoms with van der Waals surface area (Å²) < 4.78 is 12.4. The molecule has 1 N–H and O–H groups in total. The van der Waals surface area contributed by atoms with Crippen molar-refractivity contribution in [3.8, 4) is 11.5 Å². The Balaban J connectivity index is 1.15. The molecule has 196 valence electrons. The van der Waals surface area contributed by atoms with Gasteiger partial charge in [0.2, 0.25) is 5.91 Å². The van der Waals surface area contributed by atoms with Crippen LogP contribution in [0.15, 0.2) is 41.2 Å². The number of fused-ring (bicyclic) bond motifs is 4. The quantitative estimate of drug-likeness (QED) is 0.544. The summed E-state index contributed by atoms with van der Waals surface area (Å²) in [7, 11) is 3.12. The minimum Gasteiger partial charge on any atom is -0.493 e. The fraction of sp³-hybridized carbons (Fsp3) is 0.481. The van der Waals surface area contributed by atoms with Crippen LogP contribution in [0.25, 0.3) is 0 Å². The molecule has 2 aromatic rings. The molecule has 0 aliphatic carbocycles. The zero-order valence-corrected chi connectivity index (χ0v) is 21.1. The van der Waals surface area contributed by atoms with E-state index in [9.17, 15) is 19.2 Å². The minimum absolute atomic E-state index is 0.0122. The lowest BCUT2D eigenvalue weighted by Crippen LogP contribution is -2.49. The third-order valence-electron chi connectivity index (χ3n) is 7.66. The summed E-state index contributed by atoms with van der Waals surface area (Å²) in [4.78, 5) is 53.8. The molecule has 0 radical (unpaired) electrons. The number of likely N-dealkylation sites (tertiary alicyclic amines) is 1. The molecule has 37 heavy (non-hydrogen) atoms. The summed E-state index contributed by atoms with van der Waals surface area (Å²) >= 11 is 0. The van der Waals surface area contributed by atoms with E-state index < -0.39 is 12.1 Å². The normalized spacial score (nSPS) is 22.5. The van der Waals surface area contributed by atoms with Crippen LogP contribution < -0.4 is 20.3 Å². The number of imide groups is 1. The standard InChI is InChI=1S/C27H32N4O6/c1-36-22-8-6-17(13-23(22)37-2)10-11-30-26(34)20(28-27(30)35)7-9-24(32)29-14-18-12-19(16-29)21-4-3-5-25(33)31(21)15-18/h3-6,8,13,18-20H,7,9-12,14-16H2,1-2H3,(H,28,35)/t18-,19?,20+/m1/s1. The number of benzene rings is 1. The van der Waals surface area contributed by atoms with Crippen molar-refractivity contribution in [1.29, 1.82) is 0 Å². The summed E-state index contributed by atoms with van der Waals surface area (Å²) in [6, 6.07) is 9.69. The Morgan fingerprint density at radius 2 is 1.84 bits per heavy atom. The molecule has 0 saturated carbocycles. The lowest BCUT2D eigenvalue weighted by atomic mass is 9.83. The van der Waals surface area contributed by atoms with E-state index in [1.165, 1.54) is 4.90 Å². The maximum atomic E-state index is 13.1. The number of hydrogen-bond acceptors (Lipinski definition) is 6. The van der Waals surface area contributed by atoms with Crippen molar-refractivity contribution >= 4 is 17.8 Å². The van der Waals surface area contributed by atoms with Gasteiger partial charge in [-0.05, 0) is 48.9 Å². The molecular weight excluding hydrogens is 476 g/mol. The maximum Gasteiger partial charge on any atom is 0.324 e. The maximum absolute atomic E-state index is 13.1. The van der Waals surface area contributed by atoms with E-state index in [-0.39, 0.29) is 48.6 Å². The number of hydrogen-bond donors (Lipinski definition) is 1. The third-order valence-corrected chi connectivity index (χ3v) is 7.66. The van der Waals surface area contributed by atoms with Crippen LogP contribution in [0.1, 0.15) is 36.4 Å². The molecule has 1 aromatic heterocycles. The Morgan fingerprint density at radius 3 is 2.62 bits per heavy atom. The van der Waals surface area contributed by atoms with Gasteiger partial charge in [-0.15, -0.1) is 0 Å². The Hall–Kier alpha value is -3.82. The van der Waals surface area contributed by atoms with Gasteiger partial charge in [0.15, 0.2) is 11.5 Å². The molecule has 3 atom stereocenters. The van der Waals surface area contributed by atoms with Crippen molar-refractivity contribution in [2.45, 2.75) is 44.2 Å². The first-order valence-corrected chi connectivity index (χ1v) is 12.7. The van der Waals surface area contributed by atoms with Gasteiger partial charge in [-0.3, -0.25) is 19.3 Å². The van der Waals surface area contributed by atoms with E-state index >= 15 is 0 Å². The smallest absolute Gasteiger partial charge is 0.324 e. The molecule has 2 saturated heterocycles. The van der Waals surface area contributed by atoms with Crippen LogP contribution in [0, 0.1) is 5.92 Å². The van der Waals surface area contributed by atoms with Gasteiger partial charge in [0.1, 0.15) is 6.04 Å². The Labute approximate surface area is 215 Å². The number of nitrogens with one attached hydrogen (secondary N) is 1. The molecule has 3 aliphatic rings. The fourth-order valence-electron chi connectivity index (χ4n) is 5.79. The monoisotopic (exact) mass is 508 g/mol. The van der Waals surface area contributed by atoms with Crippen LogP contribution in [0.4, 0.5) is 4.79 Å². The topological polar surface area (TPSA) is 110 Å². The van der Waals surface area contributed by atoms with E-state index in [1.807, 2.05) is 27.7 Å². The van der Waals surface area contributed by atoms with Gasteiger partial charge in [-0.25, -0.2) is 4.79 Å². The average molecular weight is 509 g/mol. The minimum atomic E-state index is -0.703. The number of carbonyl (C=O) groups is 3. The number of nitrogens with zero attached hydrogens (tertiary/aromatic N) is 3. The first kappa shape index (κ1) is 24.9. The molecule has 5 rings (SSSR count). The number of rotatable bonds is 8. The van der Waals surface area contributed by atoms with Gasteiger partial charge < -0.3 is 24.3 Å². The predicted octanol–water partition coefficient (Wildman–Crippen LogP) is 1.75. The zero-order chi connectivity index (χ0) is 26.1. The van der Waals surface area contributed by atoms with Crippen LogP contribution in [0.5, 0.6) is 11.5 Å². The molecule has 4 heterocycles. The van der Waals surface area contributed by atoms with Crippen molar-refractivity contribution in [1.82, 2.24) is 19.7 Å². The average Bonchev–Trinajstić information content (AvgIpc) is 3.18. The highest BCUT2D eigenvalue weighted by Crippen LogP contribution is 2.35. The van der Waals surface area contributed by atoms with Crippen LogP contribution in [-0.2, 0) is 22.6 Å². The second-order valence-corrected chi connectivity index (χ2v) is 9.97. The van der Waals surface area contributed by atoms with Crippen molar-refractivity contribution in [2.75, 3.05) is 33.9 Å². The lowest BCUT2D eigenvalue weighted by molar-refractivity contribution is -0.134. The van der Waals surface area contributed by atoms with Crippen LogP contribution in [0.3, 0.4) is 0 Å². The van der Waals surface area contributed by atoms with E-state index in [1.54, 1.807) is 32.4 Å². The summed E-state index contributed by atoms with van der Waals surface area (Å²) in [5.74, 6) is 1.27. The molecule has 2 fully saturated rings. The number of urea groups is 1. The van der Waals surface area contributed by atoms with Crippen LogP contribution in [-0.4, -0.2) is 72.1 Å². The van der Waals surface area contributed by atoms with Gasteiger partial charge in [0.25, 0.3) is 11.5 Å². The first-order valence-electron chi connectivity index (χ1n) is 12.7. The Kier molecular flexibility index (Phi) is 6.90. The largest absolute Gasteiger partial charge is 0.493 e. The third kappa shape index (κ3) is 4.92. The van der Waals surface area contributed by atoms with Gasteiger partial charge >= 0.3 is 6.03 Å². The van der Waals surface area contributed by atoms with Crippen molar-refractivity contribution < 1.29 is 23.9 Å². The summed E-state index contributed by atoms with van der Waals surface area (Å²) in [5.41, 5.74) is 1.92. The van der Waals surface area contributed by atoms with Crippen molar-refractivity contribution in [3.05, 3.63) is 58.0 Å². The molecule has 0 spiro atoms. The highest BCUT2D eigenvalue weighted by atomic mass is 16.5. The summed E-state index contributed by atoms with van der Waals surface area (Å²) in [6.45, 7) is 2.04. The summed E-state index contributed by atoms with van der Waals surface area (Å²) in [6.07, 6.45) is 1.89. The van der Waals surface area contributed by atoms with Gasteiger partial charge in [-0.1, -0.05) is 12.1 Å². The molecular formula is C27H32N4O6. The molecule has 4 amide bonds. The highest BCUT2D eigenvalue weighted by Gasteiger charge is 2.39.